The fourth-order valence-electron chi connectivity index (χ4n) is 2.48. The Hall–Kier alpha value is -2.53. The van der Waals surface area contributed by atoms with Gasteiger partial charge >= 0.3 is 0 Å². The van der Waals surface area contributed by atoms with Gasteiger partial charge in [0.25, 0.3) is 0 Å². The third-order valence-corrected chi connectivity index (χ3v) is 4.20. The summed E-state index contributed by atoms with van der Waals surface area (Å²) in [6.07, 6.45) is 1.33. The molecule has 0 unspecified atom stereocenters. The lowest BCUT2D eigenvalue weighted by Crippen LogP contribution is -2.35. The van der Waals surface area contributed by atoms with Crippen LogP contribution in [0.3, 0.4) is 0 Å². The topological polar surface area (TPSA) is 67.4 Å². The molecule has 0 aliphatic heterocycles. The number of aryl methyl sites for hydroxylation is 1. The standard InChI is InChI=1S/C21H25ClN2O3/c1-16-5-2-3-6-19(16)27-14-4-7-20(25)23-12-13-24-21(26)15-17-8-10-18(22)11-9-17/h2-3,5-6,8-11H,4,7,12-15H2,1H3,(H,23,25)(H,24,26). The number of hydrogen-bond acceptors (Lipinski definition) is 3. The minimum Gasteiger partial charge on any atom is -0.493 e. The average Bonchev–Trinajstić information content (AvgIpc) is 2.65. The van der Waals surface area contributed by atoms with E-state index in [9.17, 15) is 9.59 Å². The number of nitrogens with one attached hydrogen (secondary N) is 2. The molecule has 0 atom stereocenters. The summed E-state index contributed by atoms with van der Waals surface area (Å²) >= 11 is 5.82. The lowest BCUT2D eigenvalue weighted by molar-refractivity contribution is -0.122. The van der Waals surface area contributed by atoms with Crippen LogP contribution in [0, 0.1) is 6.92 Å². The van der Waals surface area contributed by atoms with E-state index >= 15 is 0 Å². The van der Waals surface area contributed by atoms with E-state index in [2.05, 4.69) is 10.6 Å². The Bertz CT molecular complexity index is 747. The maximum absolute atomic E-state index is 11.8. The van der Waals surface area contributed by atoms with Crippen LogP contribution >= 0.6 is 11.6 Å². The first kappa shape index (κ1) is 20.8. The molecule has 2 rings (SSSR count). The van der Waals surface area contributed by atoms with Crippen LogP contribution in [-0.2, 0) is 16.0 Å². The zero-order valence-electron chi connectivity index (χ0n) is 15.5. The minimum atomic E-state index is -0.0850. The number of halogens is 1. The first-order valence-electron chi connectivity index (χ1n) is 9.01. The van der Waals surface area contributed by atoms with Crippen LogP contribution in [0.4, 0.5) is 0 Å². The van der Waals surface area contributed by atoms with Gasteiger partial charge in [-0.25, -0.2) is 0 Å². The van der Waals surface area contributed by atoms with Gasteiger partial charge < -0.3 is 15.4 Å². The normalized spacial score (nSPS) is 10.3. The minimum absolute atomic E-state index is 0.0460. The molecule has 2 aromatic carbocycles. The van der Waals surface area contributed by atoms with Crippen LogP contribution in [0.2, 0.25) is 5.02 Å². The molecule has 0 heterocycles. The molecule has 2 amide bonds. The zero-order valence-corrected chi connectivity index (χ0v) is 16.2. The molecule has 0 radical (unpaired) electrons. The molecule has 6 heteroatoms. The second-order valence-corrected chi connectivity index (χ2v) is 6.66. The molecule has 0 bridgehead atoms. The molecule has 0 saturated heterocycles. The van der Waals surface area contributed by atoms with Gasteiger partial charge in [-0.15, -0.1) is 0 Å². The van der Waals surface area contributed by atoms with Crippen molar-refractivity contribution in [2.24, 2.45) is 0 Å². The summed E-state index contributed by atoms with van der Waals surface area (Å²) < 4.78 is 5.66. The van der Waals surface area contributed by atoms with Crippen LogP contribution in [0.15, 0.2) is 48.5 Å². The number of para-hydroxylation sites is 1. The van der Waals surface area contributed by atoms with E-state index in [0.29, 0.717) is 44.0 Å². The largest absolute Gasteiger partial charge is 0.493 e. The first-order chi connectivity index (χ1) is 13.0. The Balaban J connectivity index is 1.52. The van der Waals surface area contributed by atoms with Crippen molar-refractivity contribution in [1.82, 2.24) is 10.6 Å². The molecule has 0 aromatic heterocycles. The van der Waals surface area contributed by atoms with E-state index in [1.807, 2.05) is 43.3 Å². The molecule has 2 N–H and O–H groups in total. The number of amides is 2. The van der Waals surface area contributed by atoms with Crippen LogP contribution in [0.1, 0.15) is 24.0 Å². The van der Waals surface area contributed by atoms with Gasteiger partial charge in [-0.05, 0) is 42.7 Å². The Morgan fingerprint density at radius 2 is 1.63 bits per heavy atom. The predicted octanol–water partition coefficient (Wildman–Crippen LogP) is 3.28. The lowest BCUT2D eigenvalue weighted by Gasteiger charge is -2.09. The Morgan fingerprint density at radius 1 is 0.963 bits per heavy atom. The summed E-state index contributed by atoms with van der Waals surface area (Å²) in [6.45, 7) is 3.29. The van der Waals surface area contributed by atoms with Crippen molar-refractivity contribution in [3.8, 4) is 5.75 Å². The highest BCUT2D eigenvalue weighted by atomic mass is 35.5. The van der Waals surface area contributed by atoms with Crippen molar-refractivity contribution in [1.29, 1.82) is 0 Å². The second kappa shape index (κ2) is 11.2. The fourth-order valence-corrected chi connectivity index (χ4v) is 2.60. The maximum Gasteiger partial charge on any atom is 0.224 e. The Labute approximate surface area is 165 Å². The van der Waals surface area contributed by atoms with Gasteiger partial charge in [0.1, 0.15) is 5.75 Å². The van der Waals surface area contributed by atoms with E-state index in [1.54, 1.807) is 12.1 Å². The third kappa shape index (κ3) is 8.13. The average molecular weight is 389 g/mol. The number of carbonyl (C=O) groups excluding carboxylic acids is 2. The first-order valence-corrected chi connectivity index (χ1v) is 9.38. The summed E-state index contributed by atoms with van der Waals surface area (Å²) in [4.78, 5) is 23.6. The molecule has 0 aliphatic carbocycles. The summed E-state index contributed by atoms with van der Waals surface area (Å²) in [6, 6.07) is 15.0. The van der Waals surface area contributed by atoms with Crippen LogP contribution in [0.25, 0.3) is 0 Å². The quantitative estimate of drug-likeness (QED) is 0.614. The lowest BCUT2D eigenvalue weighted by atomic mass is 10.1. The van der Waals surface area contributed by atoms with Crippen molar-refractivity contribution in [2.45, 2.75) is 26.2 Å². The highest BCUT2D eigenvalue weighted by Gasteiger charge is 2.05. The highest BCUT2D eigenvalue weighted by molar-refractivity contribution is 6.30. The summed E-state index contributed by atoms with van der Waals surface area (Å²) in [5.74, 6) is 0.717. The van der Waals surface area contributed by atoms with E-state index < -0.39 is 0 Å². The van der Waals surface area contributed by atoms with Crippen molar-refractivity contribution >= 4 is 23.4 Å². The molecular weight excluding hydrogens is 364 g/mol. The van der Waals surface area contributed by atoms with E-state index in [-0.39, 0.29) is 11.8 Å². The summed E-state index contributed by atoms with van der Waals surface area (Å²) in [7, 11) is 0. The predicted molar refractivity (Wildman–Crippen MR) is 107 cm³/mol. The number of rotatable bonds is 10. The van der Waals surface area contributed by atoms with Crippen LogP contribution < -0.4 is 15.4 Å². The third-order valence-electron chi connectivity index (χ3n) is 3.95. The van der Waals surface area contributed by atoms with Crippen LogP contribution in [-0.4, -0.2) is 31.5 Å². The van der Waals surface area contributed by atoms with E-state index in [0.717, 1.165) is 16.9 Å². The van der Waals surface area contributed by atoms with E-state index in [1.165, 1.54) is 0 Å². The van der Waals surface area contributed by atoms with Gasteiger partial charge in [0.15, 0.2) is 0 Å². The Kier molecular flexibility index (Phi) is 8.65. The monoisotopic (exact) mass is 388 g/mol. The van der Waals surface area contributed by atoms with Crippen molar-refractivity contribution in [2.75, 3.05) is 19.7 Å². The summed E-state index contributed by atoms with van der Waals surface area (Å²) in [5, 5.41) is 6.22. The molecule has 2 aromatic rings. The fraction of sp³-hybridized carbons (Fsp3) is 0.333. The van der Waals surface area contributed by atoms with Crippen LogP contribution in [0.5, 0.6) is 5.75 Å². The van der Waals surface area contributed by atoms with Crippen molar-refractivity contribution in [3.05, 3.63) is 64.7 Å². The van der Waals surface area contributed by atoms with E-state index in [4.69, 9.17) is 16.3 Å². The highest BCUT2D eigenvalue weighted by Crippen LogP contribution is 2.16. The molecule has 0 aliphatic rings. The summed E-state index contributed by atoms with van der Waals surface area (Å²) in [5.41, 5.74) is 1.98. The van der Waals surface area contributed by atoms with Gasteiger partial charge in [0.05, 0.1) is 13.0 Å². The Morgan fingerprint density at radius 3 is 2.33 bits per heavy atom. The van der Waals surface area contributed by atoms with Gasteiger partial charge in [-0.1, -0.05) is 41.9 Å². The van der Waals surface area contributed by atoms with Gasteiger partial charge in [-0.2, -0.15) is 0 Å². The zero-order chi connectivity index (χ0) is 19.5. The molecule has 0 saturated carbocycles. The maximum atomic E-state index is 11.8. The SMILES string of the molecule is Cc1ccccc1OCCCC(=O)NCCNC(=O)Cc1ccc(Cl)cc1. The number of ether oxygens (including phenoxy) is 1. The molecule has 27 heavy (non-hydrogen) atoms. The number of benzene rings is 2. The second-order valence-electron chi connectivity index (χ2n) is 6.22. The van der Waals surface area contributed by atoms with Crippen molar-refractivity contribution in [3.63, 3.8) is 0 Å². The van der Waals surface area contributed by atoms with Crippen molar-refractivity contribution < 1.29 is 14.3 Å². The van der Waals surface area contributed by atoms with Gasteiger partial charge in [-0.3, -0.25) is 9.59 Å². The molecule has 0 fully saturated rings. The molecule has 0 spiro atoms. The number of carbonyl (C=O) groups is 2. The van der Waals surface area contributed by atoms with Gasteiger partial charge in [0, 0.05) is 24.5 Å². The molecular formula is C21H25ClN2O3. The molecule has 5 nitrogen and oxygen atoms in total. The smallest absolute Gasteiger partial charge is 0.224 e. The molecule has 144 valence electrons. The number of hydrogen-bond donors (Lipinski definition) is 2. The van der Waals surface area contributed by atoms with Gasteiger partial charge in [0.2, 0.25) is 11.8 Å².